The second kappa shape index (κ2) is 4.50. The van der Waals surface area contributed by atoms with Crippen LogP contribution in [0.2, 0.25) is 5.28 Å². The van der Waals surface area contributed by atoms with Crippen molar-refractivity contribution in [3.8, 4) is 11.3 Å². The van der Waals surface area contributed by atoms with Crippen LogP contribution in [-0.4, -0.2) is 30.8 Å². The number of hydrogen-bond donors (Lipinski definition) is 1. The third-order valence-corrected chi connectivity index (χ3v) is 2.47. The van der Waals surface area contributed by atoms with Crippen molar-refractivity contribution in [1.29, 1.82) is 0 Å². The van der Waals surface area contributed by atoms with Crippen LogP contribution in [-0.2, 0) is 11.3 Å². The number of carboxylic acids is 1. The second-order valence-electron chi connectivity index (χ2n) is 3.41. The number of carbonyl (C=O) groups is 1. The molecule has 2 rings (SSSR count). The number of aromatic nitrogens is 4. The Morgan fingerprint density at radius 3 is 3.00 bits per heavy atom. The highest BCUT2D eigenvalue weighted by Crippen LogP contribution is 2.21. The van der Waals surface area contributed by atoms with E-state index < -0.39 is 5.97 Å². The van der Waals surface area contributed by atoms with Crippen LogP contribution in [0.4, 0.5) is 0 Å². The van der Waals surface area contributed by atoms with E-state index in [1.165, 1.54) is 4.68 Å². The Balaban J connectivity index is 2.40. The lowest BCUT2D eigenvalue weighted by atomic mass is 10.2. The lowest BCUT2D eigenvalue weighted by Gasteiger charge is -2.02. The molecule has 0 fully saturated rings. The maximum Gasteiger partial charge on any atom is 0.325 e. The summed E-state index contributed by atoms with van der Waals surface area (Å²) in [6.07, 6.45) is 3.11. The summed E-state index contributed by atoms with van der Waals surface area (Å²) in [5.74, 6) is -0.941. The average molecular weight is 253 g/mol. The molecule has 0 aliphatic heterocycles. The average Bonchev–Trinajstić information content (AvgIpc) is 2.60. The molecule has 6 nitrogen and oxygen atoms in total. The lowest BCUT2D eigenvalue weighted by molar-refractivity contribution is -0.137. The van der Waals surface area contributed by atoms with Crippen molar-refractivity contribution in [2.75, 3.05) is 0 Å². The van der Waals surface area contributed by atoms with Crippen LogP contribution in [0.1, 0.15) is 5.69 Å². The minimum absolute atomic E-state index is 0.146. The maximum atomic E-state index is 10.6. The van der Waals surface area contributed by atoms with Crippen LogP contribution >= 0.6 is 11.6 Å². The van der Waals surface area contributed by atoms with E-state index in [9.17, 15) is 4.79 Å². The van der Waals surface area contributed by atoms with E-state index >= 15 is 0 Å². The molecule has 0 saturated carbocycles. The minimum atomic E-state index is -0.941. The predicted octanol–water partition coefficient (Wildman–Crippen LogP) is 1.39. The van der Waals surface area contributed by atoms with Crippen molar-refractivity contribution in [3.63, 3.8) is 0 Å². The smallest absolute Gasteiger partial charge is 0.325 e. The number of nitrogens with zero attached hydrogens (tertiary/aromatic N) is 4. The standard InChI is InChI=1S/C10H9ClN4O2/c1-6-7(4-13-15(6)5-9(16)17)8-2-3-12-10(11)14-8/h2-4H,5H2,1H3,(H,16,17). The van der Waals surface area contributed by atoms with Crippen LogP contribution in [0, 0.1) is 6.92 Å². The lowest BCUT2D eigenvalue weighted by Crippen LogP contribution is -2.11. The summed E-state index contributed by atoms with van der Waals surface area (Å²) in [5.41, 5.74) is 2.09. The first-order chi connectivity index (χ1) is 8.08. The number of hydrogen-bond acceptors (Lipinski definition) is 4. The Hall–Kier alpha value is -1.95. The molecule has 0 bridgehead atoms. The monoisotopic (exact) mass is 252 g/mol. The first kappa shape index (κ1) is 11.5. The van der Waals surface area contributed by atoms with Gasteiger partial charge >= 0.3 is 5.97 Å². The molecule has 17 heavy (non-hydrogen) atoms. The minimum Gasteiger partial charge on any atom is -0.480 e. The Morgan fingerprint density at radius 2 is 2.35 bits per heavy atom. The highest BCUT2D eigenvalue weighted by Gasteiger charge is 2.12. The molecule has 0 spiro atoms. The van der Waals surface area contributed by atoms with Crippen molar-refractivity contribution >= 4 is 17.6 Å². The summed E-state index contributed by atoms with van der Waals surface area (Å²) in [6.45, 7) is 1.60. The summed E-state index contributed by atoms with van der Waals surface area (Å²) >= 11 is 5.69. The quantitative estimate of drug-likeness (QED) is 0.835. The van der Waals surface area contributed by atoms with Crippen LogP contribution in [0.25, 0.3) is 11.3 Å². The van der Waals surface area contributed by atoms with Gasteiger partial charge in [-0.1, -0.05) is 0 Å². The van der Waals surface area contributed by atoms with Gasteiger partial charge in [0.1, 0.15) is 6.54 Å². The van der Waals surface area contributed by atoms with E-state index in [0.717, 1.165) is 11.3 Å². The number of halogens is 1. The van der Waals surface area contributed by atoms with Crippen molar-refractivity contribution in [2.45, 2.75) is 13.5 Å². The van der Waals surface area contributed by atoms with E-state index in [1.807, 2.05) is 0 Å². The van der Waals surface area contributed by atoms with Gasteiger partial charge in [-0.2, -0.15) is 5.10 Å². The zero-order chi connectivity index (χ0) is 12.4. The molecule has 0 radical (unpaired) electrons. The third-order valence-electron chi connectivity index (χ3n) is 2.29. The topological polar surface area (TPSA) is 80.9 Å². The van der Waals surface area contributed by atoms with E-state index in [-0.39, 0.29) is 11.8 Å². The molecule has 88 valence electrons. The van der Waals surface area contributed by atoms with Crippen molar-refractivity contribution < 1.29 is 9.90 Å². The van der Waals surface area contributed by atoms with Gasteiger partial charge in [-0.25, -0.2) is 9.97 Å². The van der Waals surface area contributed by atoms with Gasteiger partial charge in [0.2, 0.25) is 5.28 Å². The molecule has 0 unspecified atom stereocenters. The second-order valence-corrected chi connectivity index (χ2v) is 3.74. The molecular formula is C10H9ClN4O2. The zero-order valence-corrected chi connectivity index (χ0v) is 9.72. The summed E-state index contributed by atoms with van der Waals surface area (Å²) in [4.78, 5) is 18.4. The molecule has 0 amide bonds. The summed E-state index contributed by atoms with van der Waals surface area (Å²) in [5, 5.41) is 12.8. The summed E-state index contributed by atoms with van der Waals surface area (Å²) in [6, 6.07) is 1.70. The Morgan fingerprint density at radius 1 is 1.59 bits per heavy atom. The normalized spacial score (nSPS) is 10.5. The van der Waals surface area contributed by atoms with Gasteiger partial charge in [-0.05, 0) is 24.6 Å². The molecule has 2 aromatic rings. The van der Waals surface area contributed by atoms with Gasteiger partial charge in [0.15, 0.2) is 0 Å². The van der Waals surface area contributed by atoms with Gasteiger partial charge in [0, 0.05) is 17.5 Å². The van der Waals surface area contributed by atoms with Crippen molar-refractivity contribution in [2.24, 2.45) is 0 Å². The van der Waals surface area contributed by atoms with Crippen LogP contribution in [0.15, 0.2) is 18.5 Å². The molecule has 0 aliphatic carbocycles. The Bertz CT molecular complexity index is 567. The fraction of sp³-hybridized carbons (Fsp3) is 0.200. The highest BCUT2D eigenvalue weighted by molar-refractivity contribution is 6.28. The molecule has 2 aromatic heterocycles. The number of aliphatic carboxylic acids is 1. The Labute approximate surface area is 102 Å². The van der Waals surface area contributed by atoms with Gasteiger partial charge in [0.25, 0.3) is 0 Å². The fourth-order valence-electron chi connectivity index (χ4n) is 1.47. The molecule has 7 heteroatoms. The van der Waals surface area contributed by atoms with E-state index in [1.54, 1.807) is 25.4 Å². The fourth-order valence-corrected chi connectivity index (χ4v) is 1.62. The summed E-state index contributed by atoms with van der Waals surface area (Å²) in [7, 11) is 0. The largest absolute Gasteiger partial charge is 0.480 e. The van der Waals surface area contributed by atoms with E-state index in [2.05, 4.69) is 15.1 Å². The third kappa shape index (κ3) is 2.42. The molecular weight excluding hydrogens is 244 g/mol. The van der Waals surface area contributed by atoms with Crippen LogP contribution in [0.5, 0.6) is 0 Å². The molecule has 0 atom stereocenters. The first-order valence-corrected chi connectivity index (χ1v) is 5.19. The maximum absolute atomic E-state index is 10.6. The van der Waals surface area contributed by atoms with E-state index in [0.29, 0.717) is 5.69 Å². The highest BCUT2D eigenvalue weighted by atomic mass is 35.5. The van der Waals surface area contributed by atoms with Gasteiger partial charge in [-0.3, -0.25) is 9.48 Å². The Kier molecular flexibility index (Phi) is 3.06. The van der Waals surface area contributed by atoms with Gasteiger partial charge < -0.3 is 5.11 Å². The molecule has 2 heterocycles. The summed E-state index contributed by atoms with van der Waals surface area (Å²) < 4.78 is 1.40. The first-order valence-electron chi connectivity index (χ1n) is 4.81. The SMILES string of the molecule is Cc1c(-c2ccnc(Cl)n2)cnn1CC(=O)O. The van der Waals surface area contributed by atoms with Crippen molar-refractivity contribution in [1.82, 2.24) is 19.7 Å². The molecule has 0 aromatic carbocycles. The molecule has 1 N–H and O–H groups in total. The van der Waals surface area contributed by atoms with Crippen LogP contribution in [0.3, 0.4) is 0 Å². The predicted molar refractivity (Wildman–Crippen MR) is 60.6 cm³/mol. The molecule has 0 aliphatic rings. The van der Waals surface area contributed by atoms with Crippen LogP contribution < -0.4 is 0 Å². The van der Waals surface area contributed by atoms with E-state index in [4.69, 9.17) is 16.7 Å². The van der Waals surface area contributed by atoms with Crippen molar-refractivity contribution in [3.05, 3.63) is 29.4 Å². The van der Waals surface area contributed by atoms with Gasteiger partial charge in [0.05, 0.1) is 11.9 Å². The molecule has 0 saturated heterocycles. The number of carboxylic acid groups (broad SMARTS) is 1. The zero-order valence-electron chi connectivity index (χ0n) is 8.96. The number of rotatable bonds is 3. The van der Waals surface area contributed by atoms with Gasteiger partial charge in [-0.15, -0.1) is 0 Å².